The number of ether oxygens (including phenoxy) is 1. The Morgan fingerprint density at radius 2 is 2.41 bits per heavy atom. The van der Waals surface area contributed by atoms with Gasteiger partial charge in [-0.3, -0.25) is 9.59 Å². The molecule has 1 aromatic heterocycles. The summed E-state index contributed by atoms with van der Waals surface area (Å²) in [4.78, 5) is 22.8. The highest BCUT2D eigenvalue weighted by Gasteiger charge is 2.23. The van der Waals surface area contributed by atoms with Gasteiger partial charge < -0.3 is 10.1 Å². The molecule has 0 radical (unpaired) electrons. The summed E-state index contributed by atoms with van der Waals surface area (Å²) in [6, 6.07) is 0.380. The summed E-state index contributed by atoms with van der Waals surface area (Å²) in [5, 5.41) is 7.01. The Balaban J connectivity index is 2.21. The summed E-state index contributed by atoms with van der Waals surface area (Å²) in [6.07, 6.45) is 3.59. The van der Waals surface area contributed by atoms with Crippen molar-refractivity contribution in [2.24, 2.45) is 0 Å². The SMILES string of the molecule is COC(=O)Cn1ncc(NC2CC2)c(Cl)c1=O. The lowest BCUT2D eigenvalue weighted by molar-refractivity contribution is -0.141. The third kappa shape index (κ3) is 2.76. The molecule has 0 aliphatic heterocycles. The van der Waals surface area contributed by atoms with Crippen LogP contribution in [0.4, 0.5) is 5.69 Å². The van der Waals surface area contributed by atoms with E-state index in [-0.39, 0.29) is 11.6 Å². The van der Waals surface area contributed by atoms with Crippen LogP contribution in [-0.2, 0) is 16.1 Å². The first kappa shape index (κ1) is 11.9. The zero-order valence-electron chi connectivity index (χ0n) is 9.27. The van der Waals surface area contributed by atoms with Gasteiger partial charge >= 0.3 is 5.97 Å². The van der Waals surface area contributed by atoms with Crippen molar-refractivity contribution in [1.29, 1.82) is 0 Å². The van der Waals surface area contributed by atoms with Crippen LogP contribution in [0.25, 0.3) is 0 Å². The predicted molar refractivity (Wildman–Crippen MR) is 62.2 cm³/mol. The van der Waals surface area contributed by atoms with Crippen LogP contribution < -0.4 is 10.9 Å². The van der Waals surface area contributed by atoms with Gasteiger partial charge in [0.1, 0.15) is 11.6 Å². The number of nitrogens with one attached hydrogen (secondary N) is 1. The van der Waals surface area contributed by atoms with Crippen LogP contribution in [-0.4, -0.2) is 28.9 Å². The van der Waals surface area contributed by atoms with Gasteiger partial charge in [-0.15, -0.1) is 0 Å². The van der Waals surface area contributed by atoms with E-state index in [9.17, 15) is 9.59 Å². The van der Waals surface area contributed by atoms with Crippen molar-refractivity contribution in [2.45, 2.75) is 25.4 Å². The number of rotatable bonds is 4. The number of esters is 1. The van der Waals surface area contributed by atoms with E-state index in [0.29, 0.717) is 11.7 Å². The minimum atomic E-state index is -0.543. The summed E-state index contributed by atoms with van der Waals surface area (Å²) >= 11 is 5.91. The van der Waals surface area contributed by atoms with E-state index in [1.807, 2.05) is 0 Å². The molecule has 2 rings (SSSR count). The fraction of sp³-hybridized carbons (Fsp3) is 0.500. The minimum Gasteiger partial charge on any atom is -0.468 e. The van der Waals surface area contributed by atoms with Gasteiger partial charge in [-0.05, 0) is 12.8 Å². The standard InChI is InChI=1S/C10H12ClN3O3/c1-17-8(15)5-14-10(16)9(11)7(4-12-14)13-6-2-3-6/h4,6,13H,2-3,5H2,1H3. The first-order chi connectivity index (χ1) is 8.11. The van der Waals surface area contributed by atoms with E-state index in [0.717, 1.165) is 17.5 Å². The molecule has 6 nitrogen and oxygen atoms in total. The number of nitrogens with zero attached hydrogens (tertiary/aromatic N) is 2. The number of hydrogen-bond donors (Lipinski definition) is 1. The monoisotopic (exact) mass is 257 g/mol. The molecule has 1 aliphatic rings. The number of carbonyl (C=O) groups excluding carboxylic acids is 1. The van der Waals surface area contributed by atoms with E-state index in [2.05, 4.69) is 15.2 Å². The van der Waals surface area contributed by atoms with Crippen LogP contribution in [0.1, 0.15) is 12.8 Å². The van der Waals surface area contributed by atoms with E-state index < -0.39 is 11.5 Å². The van der Waals surface area contributed by atoms with Gasteiger partial charge in [0.2, 0.25) is 0 Å². The van der Waals surface area contributed by atoms with Crippen LogP contribution in [0, 0.1) is 0 Å². The average molecular weight is 258 g/mol. The number of hydrogen-bond acceptors (Lipinski definition) is 5. The Bertz CT molecular complexity index is 496. The summed E-state index contributed by atoms with van der Waals surface area (Å²) in [5.41, 5.74) is 0.0167. The molecule has 1 aliphatic carbocycles. The Kier molecular flexibility index (Phi) is 3.33. The van der Waals surface area contributed by atoms with Crippen molar-refractivity contribution in [3.63, 3.8) is 0 Å². The van der Waals surface area contributed by atoms with Crippen LogP contribution in [0.3, 0.4) is 0 Å². The highest BCUT2D eigenvalue weighted by molar-refractivity contribution is 6.32. The second kappa shape index (κ2) is 4.75. The fourth-order valence-corrected chi connectivity index (χ4v) is 1.51. The van der Waals surface area contributed by atoms with E-state index >= 15 is 0 Å². The second-order valence-electron chi connectivity index (χ2n) is 3.83. The van der Waals surface area contributed by atoms with E-state index in [4.69, 9.17) is 11.6 Å². The highest BCUT2D eigenvalue weighted by Crippen LogP contribution is 2.26. The number of anilines is 1. The maximum Gasteiger partial charge on any atom is 0.327 e. The number of aromatic nitrogens is 2. The normalized spacial score (nSPS) is 14.5. The smallest absolute Gasteiger partial charge is 0.327 e. The number of carbonyl (C=O) groups is 1. The van der Waals surface area contributed by atoms with Gasteiger partial charge in [0, 0.05) is 6.04 Å². The molecular formula is C10H12ClN3O3. The highest BCUT2D eigenvalue weighted by atomic mass is 35.5. The zero-order chi connectivity index (χ0) is 12.4. The van der Waals surface area contributed by atoms with Crippen LogP contribution in [0.2, 0.25) is 5.02 Å². The molecule has 0 aromatic carbocycles. The molecule has 7 heteroatoms. The summed E-state index contributed by atoms with van der Waals surface area (Å²) in [5.74, 6) is -0.543. The Labute approximate surface area is 103 Å². The molecule has 1 saturated carbocycles. The van der Waals surface area contributed by atoms with Crippen molar-refractivity contribution in [2.75, 3.05) is 12.4 Å². The van der Waals surface area contributed by atoms with Crippen molar-refractivity contribution < 1.29 is 9.53 Å². The lowest BCUT2D eigenvalue weighted by Crippen LogP contribution is -2.28. The first-order valence-electron chi connectivity index (χ1n) is 5.21. The van der Waals surface area contributed by atoms with Gasteiger partial charge in [-0.2, -0.15) is 5.10 Å². The molecule has 17 heavy (non-hydrogen) atoms. The van der Waals surface area contributed by atoms with Gasteiger partial charge in [0.05, 0.1) is 19.0 Å². The quantitative estimate of drug-likeness (QED) is 0.802. The average Bonchev–Trinajstić information content (AvgIpc) is 3.12. The first-order valence-corrected chi connectivity index (χ1v) is 5.58. The molecule has 0 saturated heterocycles. The van der Waals surface area contributed by atoms with Crippen LogP contribution in [0.5, 0.6) is 0 Å². The van der Waals surface area contributed by atoms with Gasteiger partial charge in [-0.1, -0.05) is 11.6 Å². The minimum absolute atomic E-state index is 0.0517. The second-order valence-corrected chi connectivity index (χ2v) is 4.21. The van der Waals surface area contributed by atoms with Gasteiger partial charge in [-0.25, -0.2) is 4.68 Å². The molecule has 92 valence electrons. The molecule has 0 amide bonds. The third-order valence-electron chi connectivity index (χ3n) is 2.43. The van der Waals surface area contributed by atoms with Crippen molar-refractivity contribution >= 4 is 23.3 Å². The molecular weight excluding hydrogens is 246 g/mol. The Morgan fingerprint density at radius 1 is 1.71 bits per heavy atom. The molecule has 1 aromatic rings. The van der Waals surface area contributed by atoms with E-state index in [1.165, 1.54) is 13.3 Å². The topological polar surface area (TPSA) is 73.2 Å². The van der Waals surface area contributed by atoms with E-state index in [1.54, 1.807) is 0 Å². The molecule has 0 spiro atoms. The molecule has 1 fully saturated rings. The maximum absolute atomic E-state index is 11.8. The maximum atomic E-state index is 11.8. The largest absolute Gasteiger partial charge is 0.468 e. The van der Waals surface area contributed by atoms with Gasteiger partial charge in [0.15, 0.2) is 0 Å². The van der Waals surface area contributed by atoms with Crippen molar-refractivity contribution in [3.8, 4) is 0 Å². The summed E-state index contributed by atoms with van der Waals surface area (Å²) < 4.78 is 5.43. The third-order valence-corrected chi connectivity index (χ3v) is 2.79. The predicted octanol–water partition coefficient (Wildman–Crippen LogP) is 0.644. The number of halogens is 1. The lowest BCUT2D eigenvalue weighted by Gasteiger charge is -2.08. The molecule has 1 heterocycles. The number of methoxy groups -OCH3 is 1. The van der Waals surface area contributed by atoms with Crippen LogP contribution in [0.15, 0.2) is 11.0 Å². The lowest BCUT2D eigenvalue weighted by atomic mass is 10.4. The molecule has 0 atom stereocenters. The van der Waals surface area contributed by atoms with Crippen LogP contribution >= 0.6 is 11.6 Å². The molecule has 1 N–H and O–H groups in total. The Hall–Kier alpha value is -1.56. The summed E-state index contributed by atoms with van der Waals surface area (Å²) in [7, 11) is 1.25. The molecule has 0 bridgehead atoms. The molecule has 0 unspecified atom stereocenters. The zero-order valence-corrected chi connectivity index (χ0v) is 10.0. The van der Waals surface area contributed by atoms with Crippen molar-refractivity contribution in [3.05, 3.63) is 21.6 Å². The fourth-order valence-electron chi connectivity index (χ4n) is 1.31. The van der Waals surface area contributed by atoms with Crippen molar-refractivity contribution in [1.82, 2.24) is 9.78 Å². The van der Waals surface area contributed by atoms with Gasteiger partial charge in [0.25, 0.3) is 5.56 Å². The summed E-state index contributed by atoms with van der Waals surface area (Å²) in [6.45, 7) is -0.237. The Morgan fingerprint density at radius 3 is 3.00 bits per heavy atom.